The number of aryl methyl sites for hydroxylation is 2. The minimum atomic E-state index is -0.247. The number of hydrogen-bond acceptors (Lipinski definition) is 2. The molecule has 0 atom stereocenters. The highest BCUT2D eigenvalue weighted by Gasteiger charge is 2.05. The lowest BCUT2D eigenvalue weighted by molar-refractivity contribution is -0.138. The molecule has 0 amide bonds. The van der Waals surface area contributed by atoms with Crippen LogP contribution in [-0.2, 0) is 9.53 Å². The Bertz CT molecular complexity index is 417. The highest BCUT2D eigenvalue weighted by molar-refractivity contribution is 5.93. The molecule has 86 valence electrons. The number of benzene rings is 1. The fourth-order valence-electron chi connectivity index (χ4n) is 1.45. The maximum Gasteiger partial charge on any atom is 0.333 e. The summed E-state index contributed by atoms with van der Waals surface area (Å²) in [7, 11) is 0. The van der Waals surface area contributed by atoms with Gasteiger partial charge >= 0.3 is 5.97 Å². The van der Waals surface area contributed by atoms with Crippen molar-refractivity contribution in [1.82, 2.24) is 0 Å². The van der Waals surface area contributed by atoms with E-state index < -0.39 is 0 Å². The van der Waals surface area contributed by atoms with E-state index in [0.29, 0.717) is 12.2 Å². The van der Waals surface area contributed by atoms with Gasteiger partial charge in [-0.15, -0.1) is 0 Å². The van der Waals surface area contributed by atoms with Gasteiger partial charge in [-0.05, 0) is 44.9 Å². The summed E-state index contributed by atoms with van der Waals surface area (Å²) in [5.74, 6) is -0.247. The van der Waals surface area contributed by atoms with Crippen molar-refractivity contribution in [2.75, 3.05) is 6.61 Å². The summed E-state index contributed by atoms with van der Waals surface area (Å²) in [6, 6.07) is 6.18. The van der Waals surface area contributed by atoms with E-state index in [4.69, 9.17) is 4.74 Å². The molecule has 0 aliphatic rings. The second-order valence-corrected chi connectivity index (χ2v) is 3.91. The van der Waals surface area contributed by atoms with Crippen LogP contribution in [0.15, 0.2) is 23.8 Å². The summed E-state index contributed by atoms with van der Waals surface area (Å²) in [5.41, 5.74) is 4.06. The van der Waals surface area contributed by atoms with E-state index in [1.807, 2.05) is 26.8 Å². The molecule has 2 heteroatoms. The molecule has 0 unspecified atom stereocenters. The molecule has 0 aliphatic carbocycles. The number of ether oxygens (including phenoxy) is 1. The second-order valence-electron chi connectivity index (χ2n) is 3.91. The molecular formula is C14H18O2. The molecular weight excluding hydrogens is 200 g/mol. The molecule has 0 heterocycles. The van der Waals surface area contributed by atoms with Crippen molar-refractivity contribution in [3.05, 3.63) is 40.5 Å². The third-order valence-electron chi connectivity index (χ3n) is 2.40. The van der Waals surface area contributed by atoms with Gasteiger partial charge in [-0.2, -0.15) is 0 Å². The molecule has 0 bridgehead atoms. The van der Waals surface area contributed by atoms with Gasteiger partial charge in [0.05, 0.1) is 6.61 Å². The van der Waals surface area contributed by atoms with E-state index in [0.717, 1.165) is 11.1 Å². The number of carbonyl (C=O) groups is 1. The standard InChI is InChI=1S/C14H18O2/c1-5-16-14(15)12(4)9-13-8-10(2)6-7-11(13)3/h6-9H,5H2,1-4H3/b12-9+. The third-order valence-corrected chi connectivity index (χ3v) is 2.40. The van der Waals surface area contributed by atoms with Gasteiger partial charge in [0.15, 0.2) is 0 Å². The van der Waals surface area contributed by atoms with Gasteiger partial charge in [0.2, 0.25) is 0 Å². The van der Waals surface area contributed by atoms with Crippen molar-refractivity contribution in [3.8, 4) is 0 Å². The highest BCUT2D eigenvalue weighted by Crippen LogP contribution is 2.15. The zero-order valence-electron chi connectivity index (χ0n) is 10.3. The minimum absolute atomic E-state index is 0.247. The third kappa shape index (κ3) is 3.23. The van der Waals surface area contributed by atoms with Crippen LogP contribution in [0.2, 0.25) is 0 Å². The molecule has 1 rings (SSSR count). The van der Waals surface area contributed by atoms with Crippen molar-refractivity contribution in [2.24, 2.45) is 0 Å². The van der Waals surface area contributed by atoms with Gasteiger partial charge in [0.25, 0.3) is 0 Å². The van der Waals surface area contributed by atoms with Gasteiger partial charge in [-0.25, -0.2) is 4.79 Å². The Labute approximate surface area is 96.9 Å². The first-order valence-electron chi connectivity index (χ1n) is 5.47. The lowest BCUT2D eigenvalue weighted by atomic mass is 10.0. The van der Waals surface area contributed by atoms with Crippen molar-refractivity contribution in [3.63, 3.8) is 0 Å². The van der Waals surface area contributed by atoms with Crippen LogP contribution in [0.5, 0.6) is 0 Å². The maximum atomic E-state index is 11.5. The Hall–Kier alpha value is -1.57. The van der Waals surface area contributed by atoms with Crippen LogP contribution >= 0.6 is 0 Å². The van der Waals surface area contributed by atoms with Crippen LogP contribution < -0.4 is 0 Å². The first-order chi connectivity index (χ1) is 7.54. The first kappa shape index (κ1) is 12.5. The second kappa shape index (κ2) is 5.50. The average Bonchev–Trinajstić information content (AvgIpc) is 2.23. The minimum Gasteiger partial charge on any atom is -0.463 e. The monoisotopic (exact) mass is 218 g/mol. The van der Waals surface area contributed by atoms with Gasteiger partial charge in [0, 0.05) is 5.57 Å². The predicted molar refractivity (Wildman–Crippen MR) is 66.2 cm³/mol. The van der Waals surface area contributed by atoms with Gasteiger partial charge in [0.1, 0.15) is 0 Å². The molecule has 0 saturated heterocycles. The molecule has 0 spiro atoms. The molecule has 2 nitrogen and oxygen atoms in total. The van der Waals surface area contributed by atoms with E-state index in [1.54, 1.807) is 6.92 Å². The van der Waals surface area contributed by atoms with Crippen molar-refractivity contribution < 1.29 is 9.53 Å². The van der Waals surface area contributed by atoms with Crippen LogP contribution in [0.25, 0.3) is 6.08 Å². The largest absolute Gasteiger partial charge is 0.463 e. The van der Waals surface area contributed by atoms with Crippen LogP contribution in [0.1, 0.15) is 30.5 Å². The summed E-state index contributed by atoms with van der Waals surface area (Å²) in [6.45, 7) is 8.07. The lowest BCUT2D eigenvalue weighted by Crippen LogP contribution is -2.04. The zero-order valence-corrected chi connectivity index (χ0v) is 10.3. The fraction of sp³-hybridized carbons (Fsp3) is 0.357. The molecule has 1 aromatic carbocycles. The Kier molecular flexibility index (Phi) is 4.29. The molecule has 0 radical (unpaired) electrons. The molecule has 0 aliphatic heterocycles. The number of rotatable bonds is 3. The Morgan fingerprint density at radius 2 is 2.06 bits per heavy atom. The first-order valence-corrected chi connectivity index (χ1v) is 5.47. The molecule has 0 saturated carbocycles. The Morgan fingerprint density at radius 1 is 1.38 bits per heavy atom. The molecule has 0 fully saturated rings. The molecule has 16 heavy (non-hydrogen) atoms. The van der Waals surface area contributed by atoms with E-state index in [-0.39, 0.29) is 5.97 Å². The van der Waals surface area contributed by atoms with Crippen LogP contribution in [-0.4, -0.2) is 12.6 Å². The summed E-state index contributed by atoms with van der Waals surface area (Å²) in [6.07, 6.45) is 1.88. The molecule has 1 aromatic rings. The number of esters is 1. The van der Waals surface area contributed by atoms with Crippen molar-refractivity contribution in [2.45, 2.75) is 27.7 Å². The van der Waals surface area contributed by atoms with E-state index in [2.05, 4.69) is 18.2 Å². The topological polar surface area (TPSA) is 26.3 Å². The van der Waals surface area contributed by atoms with Crippen molar-refractivity contribution >= 4 is 12.0 Å². The molecule has 0 aromatic heterocycles. The normalized spacial score (nSPS) is 11.4. The number of hydrogen-bond donors (Lipinski definition) is 0. The van der Waals surface area contributed by atoms with E-state index in [9.17, 15) is 4.79 Å². The van der Waals surface area contributed by atoms with Gasteiger partial charge < -0.3 is 4.74 Å². The smallest absolute Gasteiger partial charge is 0.333 e. The van der Waals surface area contributed by atoms with Crippen LogP contribution in [0.4, 0.5) is 0 Å². The Balaban J connectivity index is 2.97. The quantitative estimate of drug-likeness (QED) is 0.575. The fourth-order valence-corrected chi connectivity index (χ4v) is 1.45. The Morgan fingerprint density at radius 3 is 2.69 bits per heavy atom. The summed E-state index contributed by atoms with van der Waals surface area (Å²) < 4.78 is 4.94. The average molecular weight is 218 g/mol. The maximum absolute atomic E-state index is 11.5. The SMILES string of the molecule is CCOC(=O)/C(C)=C/c1cc(C)ccc1C. The molecule has 0 N–H and O–H groups in total. The summed E-state index contributed by atoms with van der Waals surface area (Å²) in [5, 5.41) is 0. The summed E-state index contributed by atoms with van der Waals surface area (Å²) >= 11 is 0. The lowest BCUT2D eigenvalue weighted by Gasteiger charge is -2.05. The van der Waals surface area contributed by atoms with Crippen LogP contribution in [0, 0.1) is 13.8 Å². The van der Waals surface area contributed by atoms with Gasteiger partial charge in [-0.3, -0.25) is 0 Å². The van der Waals surface area contributed by atoms with Crippen LogP contribution in [0.3, 0.4) is 0 Å². The van der Waals surface area contributed by atoms with Gasteiger partial charge in [-0.1, -0.05) is 23.8 Å². The van der Waals surface area contributed by atoms with E-state index >= 15 is 0 Å². The van der Waals surface area contributed by atoms with E-state index in [1.165, 1.54) is 5.56 Å². The van der Waals surface area contributed by atoms with Crippen molar-refractivity contribution in [1.29, 1.82) is 0 Å². The zero-order chi connectivity index (χ0) is 12.1. The summed E-state index contributed by atoms with van der Waals surface area (Å²) in [4.78, 5) is 11.5. The number of carbonyl (C=O) groups excluding carboxylic acids is 1. The predicted octanol–water partition coefficient (Wildman–Crippen LogP) is 3.27. The highest BCUT2D eigenvalue weighted by atomic mass is 16.5.